The quantitative estimate of drug-likeness (QED) is 0.747. The Bertz CT molecular complexity index is 480. The monoisotopic (exact) mass is 214 g/mol. The minimum atomic E-state index is -1.11. The summed E-state index contributed by atoms with van der Waals surface area (Å²) in [6.45, 7) is 0. The van der Waals surface area contributed by atoms with Gasteiger partial charge in [0.25, 0.3) is 0 Å². The second-order valence-corrected chi connectivity index (χ2v) is 2.56. The molecule has 0 fully saturated rings. The summed E-state index contributed by atoms with van der Waals surface area (Å²) in [6, 6.07) is 3.06. The number of carboxylic acids is 1. The van der Waals surface area contributed by atoms with Gasteiger partial charge in [0, 0.05) is 12.4 Å². The van der Waals surface area contributed by atoms with Gasteiger partial charge in [-0.05, 0) is 12.1 Å². The van der Waals surface area contributed by atoms with Crippen LogP contribution in [-0.4, -0.2) is 25.6 Å². The van der Waals surface area contributed by atoms with E-state index in [0.29, 0.717) is 0 Å². The fourth-order valence-corrected chi connectivity index (χ4v) is 1.10. The molecule has 2 aromatic heterocycles. The van der Waals surface area contributed by atoms with Crippen molar-refractivity contribution in [1.82, 2.24) is 9.38 Å². The van der Waals surface area contributed by atoms with E-state index in [2.05, 4.69) is 4.98 Å². The van der Waals surface area contributed by atoms with Crippen LogP contribution in [0.1, 0.15) is 10.5 Å². The van der Waals surface area contributed by atoms with Crippen molar-refractivity contribution < 1.29 is 15.0 Å². The van der Waals surface area contributed by atoms with Gasteiger partial charge >= 0.3 is 5.97 Å². The number of aromatic carboxylic acids is 1. The smallest absolute Gasteiger partial charge is 0.356 e. The van der Waals surface area contributed by atoms with Crippen molar-refractivity contribution in [3.63, 3.8) is 0 Å². The highest BCUT2D eigenvalue weighted by Crippen LogP contribution is 2.16. The van der Waals surface area contributed by atoms with Crippen LogP contribution in [0.5, 0.6) is 5.75 Å². The van der Waals surface area contributed by atoms with Gasteiger partial charge < -0.3 is 14.6 Å². The highest BCUT2D eigenvalue weighted by atomic mass is 35.5. The van der Waals surface area contributed by atoms with Crippen LogP contribution in [0.15, 0.2) is 24.5 Å². The van der Waals surface area contributed by atoms with Gasteiger partial charge in [-0.15, -0.1) is 12.4 Å². The summed E-state index contributed by atoms with van der Waals surface area (Å²) in [5.41, 5.74) is 0.168. The predicted octanol–water partition coefficient (Wildman–Crippen LogP) is 1.16. The minimum absolute atomic E-state index is 0. The Hall–Kier alpha value is -1.75. The molecule has 2 aromatic rings. The number of aromatic nitrogens is 2. The Morgan fingerprint density at radius 1 is 1.50 bits per heavy atom. The second-order valence-electron chi connectivity index (χ2n) is 2.56. The zero-order chi connectivity index (χ0) is 9.42. The summed E-state index contributed by atoms with van der Waals surface area (Å²) in [4.78, 5) is 14.2. The van der Waals surface area contributed by atoms with E-state index in [4.69, 9.17) is 5.11 Å². The Balaban J connectivity index is 0.000000980. The fourth-order valence-electron chi connectivity index (χ4n) is 1.10. The van der Waals surface area contributed by atoms with Crippen molar-refractivity contribution in [1.29, 1.82) is 0 Å². The number of pyridine rings is 1. The van der Waals surface area contributed by atoms with Gasteiger partial charge in [-0.1, -0.05) is 0 Å². The molecule has 0 aromatic carbocycles. The largest absolute Gasteiger partial charge is 0.504 e. The van der Waals surface area contributed by atoms with Crippen molar-refractivity contribution in [3.05, 3.63) is 30.2 Å². The van der Waals surface area contributed by atoms with Crippen molar-refractivity contribution in [2.45, 2.75) is 0 Å². The lowest BCUT2D eigenvalue weighted by atomic mass is 10.4. The van der Waals surface area contributed by atoms with E-state index in [9.17, 15) is 9.90 Å². The van der Waals surface area contributed by atoms with Crippen LogP contribution in [0.3, 0.4) is 0 Å². The molecule has 0 saturated carbocycles. The Morgan fingerprint density at radius 3 is 2.79 bits per heavy atom. The average Bonchev–Trinajstić information content (AvgIpc) is 2.49. The molecule has 0 bridgehead atoms. The number of carbonyl (C=O) groups is 1. The lowest BCUT2D eigenvalue weighted by Crippen LogP contribution is -1.94. The van der Waals surface area contributed by atoms with E-state index in [-0.39, 0.29) is 29.5 Å². The van der Waals surface area contributed by atoms with E-state index in [1.807, 2.05) is 0 Å². The van der Waals surface area contributed by atoms with Crippen LogP contribution in [-0.2, 0) is 0 Å². The third-order valence-corrected chi connectivity index (χ3v) is 1.68. The molecule has 2 rings (SSSR count). The number of aromatic hydroxyl groups is 1. The molecule has 0 amide bonds. The lowest BCUT2D eigenvalue weighted by molar-refractivity contribution is 0.0691. The predicted molar refractivity (Wildman–Crippen MR) is 51.1 cm³/mol. The molecule has 14 heavy (non-hydrogen) atoms. The van der Waals surface area contributed by atoms with Gasteiger partial charge in [0.2, 0.25) is 0 Å². The molecular weight excluding hydrogens is 208 g/mol. The summed E-state index contributed by atoms with van der Waals surface area (Å²) in [7, 11) is 0. The van der Waals surface area contributed by atoms with E-state index in [1.54, 1.807) is 12.3 Å². The van der Waals surface area contributed by atoms with E-state index < -0.39 is 5.97 Å². The first-order valence-electron chi connectivity index (χ1n) is 3.58. The molecule has 0 unspecified atom stereocenters. The SMILES string of the molecule is Cl.O=C(O)c1cn2cccc(O)c2n1. The summed E-state index contributed by atoms with van der Waals surface area (Å²) in [5.74, 6) is -1.14. The zero-order valence-corrected chi connectivity index (χ0v) is 7.73. The first-order chi connectivity index (χ1) is 6.18. The van der Waals surface area contributed by atoms with Gasteiger partial charge in [-0.2, -0.15) is 0 Å². The minimum Gasteiger partial charge on any atom is -0.504 e. The molecule has 2 N–H and O–H groups in total. The molecule has 0 atom stereocenters. The van der Waals surface area contributed by atoms with Crippen molar-refractivity contribution in [2.24, 2.45) is 0 Å². The Kier molecular flexibility index (Phi) is 2.62. The van der Waals surface area contributed by atoms with Crippen LogP contribution in [0, 0.1) is 0 Å². The lowest BCUT2D eigenvalue weighted by Gasteiger charge is -1.92. The molecular formula is C8H7ClN2O3. The maximum absolute atomic E-state index is 10.5. The van der Waals surface area contributed by atoms with Gasteiger partial charge in [0.1, 0.15) is 0 Å². The Morgan fingerprint density at radius 2 is 2.21 bits per heavy atom. The van der Waals surface area contributed by atoms with Crippen LogP contribution in [0.2, 0.25) is 0 Å². The highest BCUT2D eigenvalue weighted by Gasteiger charge is 2.09. The van der Waals surface area contributed by atoms with Gasteiger partial charge in [-0.3, -0.25) is 0 Å². The highest BCUT2D eigenvalue weighted by molar-refractivity contribution is 5.86. The number of nitrogens with zero attached hydrogens (tertiary/aromatic N) is 2. The summed E-state index contributed by atoms with van der Waals surface area (Å²) in [6.07, 6.45) is 2.96. The molecule has 0 radical (unpaired) electrons. The topological polar surface area (TPSA) is 74.8 Å². The van der Waals surface area contributed by atoms with Crippen molar-refractivity contribution >= 4 is 24.0 Å². The zero-order valence-electron chi connectivity index (χ0n) is 6.91. The average molecular weight is 215 g/mol. The van der Waals surface area contributed by atoms with Gasteiger partial charge in [0.05, 0.1) is 0 Å². The van der Waals surface area contributed by atoms with E-state index >= 15 is 0 Å². The third kappa shape index (κ3) is 1.49. The van der Waals surface area contributed by atoms with Crippen molar-refractivity contribution in [2.75, 3.05) is 0 Å². The number of hydrogen-bond donors (Lipinski definition) is 2. The fraction of sp³-hybridized carbons (Fsp3) is 0. The third-order valence-electron chi connectivity index (χ3n) is 1.68. The van der Waals surface area contributed by atoms with Crippen LogP contribution >= 0.6 is 12.4 Å². The number of hydrogen-bond acceptors (Lipinski definition) is 3. The first kappa shape index (κ1) is 10.3. The molecule has 2 heterocycles. The van der Waals surface area contributed by atoms with Crippen molar-refractivity contribution in [3.8, 4) is 5.75 Å². The molecule has 0 aliphatic heterocycles. The van der Waals surface area contributed by atoms with Crippen LogP contribution < -0.4 is 0 Å². The van der Waals surface area contributed by atoms with E-state index in [1.165, 1.54) is 16.7 Å². The second kappa shape index (κ2) is 3.55. The molecule has 5 nitrogen and oxygen atoms in total. The maximum Gasteiger partial charge on any atom is 0.356 e. The molecule has 0 aliphatic carbocycles. The van der Waals surface area contributed by atoms with Crippen LogP contribution in [0.4, 0.5) is 0 Å². The molecule has 0 spiro atoms. The Labute approximate surface area is 85.0 Å². The normalized spacial score (nSPS) is 9.71. The number of halogens is 1. The molecule has 6 heteroatoms. The summed E-state index contributed by atoms with van der Waals surface area (Å²) >= 11 is 0. The van der Waals surface area contributed by atoms with Gasteiger partial charge in [-0.25, -0.2) is 9.78 Å². The van der Waals surface area contributed by atoms with E-state index in [0.717, 1.165) is 0 Å². The first-order valence-corrected chi connectivity index (χ1v) is 3.58. The summed E-state index contributed by atoms with van der Waals surface area (Å²) < 4.78 is 1.46. The molecule has 0 saturated heterocycles. The number of fused-ring (bicyclic) bond motifs is 1. The van der Waals surface area contributed by atoms with Gasteiger partial charge in [0.15, 0.2) is 17.1 Å². The molecule has 74 valence electrons. The summed E-state index contributed by atoms with van der Waals surface area (Å²) in [5, 5.41) is 17.9. The standard InChI is InChI=1S/C8H6N2O3.ClH/c11-6-2-1-3-10-4-5(8(12)13)9-7(6)10;/h1-4,11H,(H,12,13);1H. The number of imidazole rings is 1. The molecule has 0 aliphatic rings. The van der Waals surface area contributed by atoms with Crippen LogP contribution in [0.25, 0.3) is 5.65 Å². The number of carboxylic acid groups (broad SMARTS) is 1. The number of rotatable bonds is 1. The maximum atomic E-state index is 10.5.